The smallest absolute Gasteiger partial charge is 0.341 e. The number of aryl methyl sites for hydroxylation is 1. The van der Waals surface area contributed by atoms with Crippen molar-refractivity contribution in [3.05, 3.63) is 76.9 Å². The number of nitrogens with one attached hydrogen (secondary N) is 4. The Kier molecular flexibility index (Phi) is 9.76. The molecule has 1 amide bonds. The predicted octanol–water partition coefficient (Wildman–Crippen LogP) is 3.01. The molecule has 3 aromatic rings. The first-order valence-electron chi connectivity index (χ1n) is 12.3. The fourth-order valence-electron chi connectivity index (χ4n) is 3.78. The number of carbonyl (C=O) groups excluding carboxylic acids is 1. The van der Waals surface area contributed by atoms with Crippen LogP contribution in [0, 0.1) is 12.3 Å². The second-order valence-corrected chi connectivity index (χ2v) is 10.6. The summed E-state index contributed by atoms with van der Waals surface area (Å²) in [7, 11) is -4.14. The van der Waals surface area contributed by atoms with Crippen LogP contribution in [0.15, 0.2) is 54.6 Å². The number of hydrogen-bond acceptors (Lipinski definition) is 8. The molecule has 0 radical (unpaired) electrons. The number of hydrogen-bond donors (Lipinski definition) is 7. The van der Waals surface area contributed by atoms with Crippen molar-refractivity contribution >= 4 is 45.0 Å². The van der Waals surface area contributed by atoms with Crippen molar-refractivity contribution in [1.29, 1.82) is 5.41 Å². The van der Waals surface area contributed by atoms with E-state index in [-0.39, 0.29) is 35.7 Å². The maximum absolute atomic E-state index is 13.2. The number of amidine groups is 1. The summed E-state index contributed by atoms with van der Waals surface area (Å²) in [5.41, 5.74) is 8.48. The fourth-order valence-corrected chi connectivity index (χ4v) is 4.22. The summed E-state index contributed by atoms with van der Waals surface area (Å²) in [6.45, 7) is 4.62. The number of nitrogen functional groups attached to an aromatic ring is 1. The average Bonchev–Trinajstić information content (AvgIpc) is 2.86. The Morgan fingerprint density at radius 2 is 1.73 bits per heavy atom. The highest BCUT2D eigenvalue weighted by Gasteiger charge is 2.19. The second kappa shape index (κ2) is 13.0. The number of carboxylic acid groups (broad SMARTS) is 1. The van der Waals surface area contributed by atoms with E-state index in [4.69, 9.17) is 25.8 Å². The minimum atomic E-state index is -4.14. The Labute approximate surface area is 237 Å². The van der Waals surface area contributed by atoms with Gasteiger partial charge in [-0.25, -0.2) is 9.93 Å². The van der Waals surface area contributed by atoms with E-state index in [2.05, 4.69) is 15.4 Å². The van der Waals surface area contributed by atoms with Gasteiger partial charge in [-0.15, -0.1) is 0 Å². The van der Waals surface area contributed by atoms with Crippen molar-refractivity contribution in [2.45, 2.75) is 33.4 Å². The standard InChI is InChI=1S/C27H32N6O7S/c1-15(2)40-23-12-20(33-41(30,37)38)11-18(25(23)39-14-24(34)35)13-31-22-9-4-16(3)10-21(22)27(36)32-19-7-5-17(6-8-19)26(28)29/h4-12,15,31,33H,13-14H2,1-3H3,(H3,28,29)(H,32,36)(H,34,35)(H2,30,37,38). The molecule has 14 heteroatoms. The average molecular weight is 585 g/mol. The van der Waals surface area contributed by atoms with E-state index in [1.54, 1.807) is 56.3 Å². The van der Waals surface area contributed by atoms with Gasteiger partial charge in [0.15, 0.2) is 18.1 Å². The zero-order valence-corrected chi connectivity index (χ0v) is 23.5. The van der Waals surface area contributed by atoms with Crippen LogP contribution in [0.4, 0.5) is 17.1 Å². The van der Waals surface area contributed by atoms with Crippen molar-refractivity contribution in [3.63, 3.8) is 0 Å². The molecule has 3 aromatic carbocycles. The Morgan fingerprint density at radius 3 is 2.32 bits per heavy atom. The topological polar surface area (TPSA) is 219 Å². The highest BCUT2D eigenvalue weighted by molar-refractivity contribution is 7.90. The van der Waals surface area contributed by atoms with Crippen LogP contribution < -0.4 is 35.7 Å². The van der Waals surface area contributed by atoms with Crippen LogP contribution in [-0.2, 0) is 21.5 Å². The molecule has 0 aliphatic heterocycles. The van der Waals surface area contributed by atoms with Crippen LogP contribution in [0.1, 0.15) is 40.9 Å². The minimum absolute atomic E-state index is 0.0137. The Balaban J connectivity index is 1.96. The number of nitrogens with two attached hydrogens (primary N) is 2. The van der Waals surface area contributed by atoms with Crippen molar-refractivity contribution in [3.8, 4) is 11.5 Å². The lowest BCUT2D eigenvalue weighted by atomic mass is 10.1. The number of carboxylic acids is 1. The summed E-state index contributed by atoms with van der Waals surface area (Å²) in [6, 6.07) is 14.5. The quantitative estimate of drug-likeness (QED) is 0.116. The molecular weight excluding hydrogens is 552 g/mol. The first kappa shape index (κ1) is 30.7. The molecule has 13 nitrogen and oxygen atoms in total. The number of aliphatic carboxylic acids is 1. The number of benzene rings is 3. The molecule has 0 fully saturated rings. The van der Waals surface area contributed by atoms with Crippen LogP contribution in [0.2, 0.25) is 0 Å². The third-order valence-corrected chi connectivity index (χ3v) is 5.96. The Hall–Kier alpha value is -4.82. The SMILES string of the molecule is Cc1ccc(NCc2cc(NS(N)(=O)=O)cc(OC(C)C)c2OCC(=O)O)c(C(=O)Nc2ccc(C(=N)N)cc2)c1. The molecule has 0 spiro atoms. The third-order valence-electron chi connectivity index (χ3n) is 5.44. The number of carbonyl (C=O) groups is 2. The molecule has 41 heavy (non-hydrogen) atoms. The zero-order chi connectivity index (χ0) is 30.3. The van der Waals surface area contributed by atoms with E-state index in [1.165, 1.54) is 12.1 Å². The Morgan fingerprint density at radius 1 is 1.05 bits per heavy atom. The summed E-state index contributed by atoms with van der Waals surface area (Å²) in [6.07, 6.45) is -0.357. The van der Waals surface area contributed by atoms with Gasteiger partial charge in [0.2, 0.25) is 0 Å². The number of anilines is 3. The highest BCUT2D eigenvalue weighted by atomic mass is 32.2. The normalized spacial score (nSPS) is 11.0. The van der Waals surface area contributed by atoms with Crippen LogP contribution in [-0.4, -0.2) is 43.9 Å². The van der Waals surface area contributed by atoms with Crippen molar-refractivity contribution in [1.82, 2.24) is 0 Å². The molecule has 0 saturated carbocycles. The molecule has 218 valence electrons. The van der Waals surface area contributed by atoms with E-state index in [1.807, 2.05) is 6.92 Å². The molecule has 9 N–H and O–H groups in total. The minimum Gasteiger partial charge on any atom is -0.487 e. The summed E-state index contributed by atoms with van der Waals surface area (Å²) in [4.78, 5) is 24.5. The molecule has 0 atom stereocenters. The molecule has 0 aliphatic rings. The molecule has 0 heterocycles. The van der Waals surface area contributed by atoms with E-state index in [0.29, 0.717) is 28.1 Å². The molecule has 3 rings (SSSR count). The maximum Gasteiger partial charge on any atom is 0.341 e. The van der Waals surface area contributed by atoms with Crippen LogP contribution >= 0.6 is 0 Å². The van der Waals surface area contributed by atoms with Crippen molar-refractivity contribution < 1.29 is 32.6 Å². The predicted molar refractivity (Wildman–Crippen MR) is 156 cm³/mol. The summed E-state index contributed by atoms with van der Waals surface area (Å²) in [5, 5.41) is 27.8. The van der Waals surface area contributed by atoms with Gasteiger partial charge in [0, 0.05) is 35.1 Å². The van der Waals surface area contributed by atoms with Crippen molar-refractivity contribution in [2.24, 2.45) is 10.9 Å². The van der Waals surface area contributed by atoms with Gasteiger partial charge in [-0.05, 0) is 63.2 Å². The highest BCUT2D eigenvalue weighted by Crippen LogP contribution is 2.37. The lowest BCUT2D eigenvalue weighted by Gasteiger charge is -2.20. The van der Waals surface area contributed by atoms with Gasteiger partial charge in [-0.3, -0.25) is 14.9 Å². The van der Waals surface area contributed by atoms with Gasteiger partial charge in [-0.2, -0.15) is 8.42 Å². The summed E-state index contributed by atoms with van der Waals surface area (Å²) < 4.78 is 36.9. The third kappa shape index (κ3) is 9.12. The van der Waals surface area contributed by atoms with Crippen molar-refractivity contribution in [2.75, 3.05) is 22.0 Å². The van der Waals surface area contributed by atoms with Gasteiger partial charge in [-0.1, -0.05) is 11.6 Å². The van der Waals surface area contributed by atoms with E-state index in [0.717, 1.165) is 5.56 Å². The molecule has 0 unspecified atom stereocenters. The zero-order valence-electron chi connectivity index (χ0n) is 22.6. The molecule has 0 saturated heterocycles. The molecule has 0 aliphatic carbocycles. The first-order valence-corrected chi connectivity index (χ1v) is 13.9. The monoisotopic (exact) mass is 584 g/mol. The molecule has 0 bridgehead atoms. The van der Waals surface area contributed by atoms with Gasteiger partial charge in [0.05, 0.1) is 17.4 Å². The number of ether oxygens (including phenoxy) is 2. The maximum atomic E-state index is 13.2. The second-order valence-electron chi connectivity index (χ2n) is 9.31. The van der Waals surface area contributed by atoms with E-state index in [9.17, 15) is 23.1 Å². The summed E-state index contributed by atoms with van der Waals surface area (Å²) >= 11 is 0. The lowest BCUT2D eigenvalue weighted by Crippen LogP contribution is -2.22. The van der Waals surface area contributed by atoms with Crippen LogP contribution in [0.5, 0.6) is 11.5 Å². The largest absolute Gasteiger partial charge is 0.487 e. The number of rotatable bonds is 13. The van der Waals surface area contributed by atoms with E-state index >= 15 is 0 Å². The van der Waals surface area contributed by atoms with Gasteiger partial charge >= 0.3 is 5.97 Å². The van der Waals surface area contributed by atoms with E-state index < -0.39 is 28.7 Å². The summed E-state index contributed by atoms with van der Waals surface area (Å²) in [5.74, 6) is -1.55. The van der Waals surface area contributed by atoms with Gasteiger partial charge in [0.25, 0.3) is 16.1 Å². The first-order chi connectivity index (χ1) is 19.2. The molecular formula is C27H32N6O7S. The molecule has 0 aromatic heterocycles. The number of amides is 1. The Bertz CT molecular complexity index is 1560. The van der Waals surface area contributed by atoms with Crippen LogP contribution in [0.3, 0.4) is 0 Å². The fraction of sp³-hybridized carbons (Fsp3) is 0.222. The van der Waals surface area contributed by atoms with Crippen LogP contribution in [0.25, 0.3) is 0 Å². The van der Waals surface area contributed by atoms with Gasteiger partial charge < -0.3 is 30.9 Å². The van der Waals surface area contributed by atoms with Gasteiger partial charge in [0.1, 0.15) is 5.84 Å². The lowest BCUT2D eigenvalue weighted by molar-refractivity contribution is -0.139.